The van der Waals surface area contributed by atoms with Crippen LogP contribution in [0.15, 0.2) is 30.5 Å². The van der Waals surface area contributed by atoms with E-state index in [9.17, 15) is 4.79 Å². The number of carbonyl (C=O) groups excluding carboxylic acids is 1. The van der Waals surface area contributed by atoms with Crippen LogP contribution in [0.3, 0.4) is 0 Å². The molecule has 1 atom stereocenters. The largest absolute Gasteiger partial charge is 0.449 e. The van der Waals surface area contributed by atoms with Gasteiger partial charge in [0.1, 0.15) is 11.5 Å². The van der Waals surface area contributed by atoms with Crippen molar-refractivity contribution in [1.82, 2.24) is 24.5 Å². The fourth-order valence-electron chi connectivity index (χ4n) is 7.82. The van der Waals surface area contributed by atoms with Gasteiger partial charge in [-0.15, -0.1) is 0 Å². The molecule has 1 unspecified atom stereocenters. The molecule has 1 aliphatic carbocycles. The predicted molar refractivity (Wildman–Crippen MR) is 189 cm³/mol. The summed E-state index contributed by atoms with van der Waals surface area (Å²) in [6.07, 6.45) is 8.13. The summed E-state index contributed by atoms with van der Waals surface area (Å²) in [6.45, 7) is 9.74. The Morgan fingerprint density at radius 1 is 1.14 bits per heavy atom. The molecule has 2 aliphatic heterocycles. The molecule has 3 fully saturated rings. The van der Waals surface area contributed by atoms with Gasteiger partial charge in [0.15, 0.2) is 6.23 Å². The number of ether oxygens (including phenoxy) is 3. The molecule has 262 valence electrons. The molecule has 1 saturated carbocycles. The SMILES string of the molecule is CCCCOC(=O)N1CC2(CC(n3nc(-c4ccc(NCCOC)cc4F)c(-c4c(Cl)c(C)cc5c4cnn5C4CCCCO4)c3C)C2)C1. The van der Waals surface area contributed by atoms with Crippen LogP contribution in [0.5, 0.6) is 0 Å². The molecule has 10 nitrogen and oxygen atoms in total. The fourth-order valence-corrected chi connectivity index (χ4v) is 8.07. The molecule has 1 spiro atoms. The van der Waals surface area contributed by atoms with E-state index in [0.717, 1.165) is 78.2 Å². The number of likely N-dealkylation sites (tertiary alicyclic amines) is 1. The van der Waals surface area contributed by atoms with Crippen LogP contribution in [0.1, 0.15) is 75.4 Å². The predicted octanol–water partition coefficient (Wildman–Crippen LogP) is 8.31. The Hall–Kier alpha value is -3.67. The van der Waals surface area contributed by atoms with E-state index in [2.05, 4.69) is 23.0 Å². The smallest absolute Gasteiger partial charge is 0.409 e. The number of carbonyl (C=O) groups is 1. The number of aryl methyl sites for hydroxylation is 1. The summed E-state index contributed by atoms with van der Waals surface area (Å²) in [5, 5.41) is 14.7. The van der Waals surface area contributed by atoms with Crippen LogP contribution in [0.2, 0.25) is 5.02 Å². The first-order valence-electron chi connectivity index (χ1n) is 17.6. The van der Waals surface area contributed by atoms with E-state index < -0.39 is 0 Å². The maximum absolute atomic E-state index is 16.1. The topological polar surface area (TPSA) is 95.7 Å². The molecule has 0 radical (unpaired) electrons. The van der Waals surface area contributed by atoms with E-state index in [-0.39, 0.29) is 29.6 Å². The molecule has 1 N–H and O–H groups in total. The summed E-state index contributed by atoms with van der Waals surface area (Å²) in [5.74, 6) is -0.374. The number of unbranched alkanes of at least 4 members (excludes halogenated alkanes) is 1. The highest BCUT2D eigenvalue weighted by Gasteiger charge is 2.55. The zero-order valence-electron chi connectivity index (χ0n) is 28.9. The Labute approximate surface area is 291 Å². The van der Waals surface area contributed by atoms with Crippen molar-refractivity contribution >= 4 is 34.3 Å². The maximum atomic E-state index is 16.1. The van der Waals surface area contributed by atoms with Crippen LogP contribution in [-0.2, 0) is 14.2 Å². The van der Waals surface area contributed by atoms with Gasteiger partial charge in [0.2, 0.25) is 0 Å². The number of hydrogen-bond acceptors (Lipinski definition) is 7. The number of fused-ring (bicyclic) bond motifs is 1. The van der Waals surface area contributed by atoms with E-state index in [1.54, 1.807) is 18.1 Å². The lowest BCUT2D eigenvalue weighted by Crippen LogP contribution is -2.64. The third-order valence-electron chi connectivity index (χ3n) is 10.4. The van der Waals surface area contributed by atoms with Crippen molar-refractivity contribution < 1.29 is 23.4 Å². The van der Waals surface area contributed by atoms with Gasteiger partial charge < -0.3 is 24.4 Å². The first-order chi connectivity index (χ1) is 23.7. The molecule has 3 aliphatic rings. The summed E-state index contributed by atoms with van der Waals surface area (Å²) < 4.78 is 36.8. The van der Waals surface area contributed by atoms with Crippen LogP contribution in [0.4, 0.5) is 14.9 Å². The molecule has 7 rings (SSSR count). The van der Waals surface area contributed by atoms with Crippen molar-refractivity contribution in [1.29, 1.82) is 0 Å². The van der Waals surface area contributed by atoms with Gasteiger partial charge in [0.25, 0.3) is 0 Å². The molecule has 2 saturated heterocycles. The van der Waals surface area contributed by atoms with E-state index >= 15 is 4.39 Å². The number of nitrogens with zero attached hydrogens (tertiary/aromatic N) is 5. The second-order valence-electron chi connectivity index (χ2n) is 14.0. The standard InChI is InChI=1S/C37H46ClFN6O4/c1-5-6-13-49-36(46)43-21-37(22-43)18-26(19-37)44-24(3)32(35(42-44)27-11-10-25(17-29(27)39)40-12-15-47-4)33-28-20-41-45(31-9-7-8-14-48-31)30(28)16-23(2)34(33)38/h10-11,16-17,20,26,31,40H,5-9,12-15,18-19,21-22H2,1-4H3. The number of benzene rings is 2. The third kappa shape index (κ3) is 6.30. The molecule has 2 aromatic carbocycles. The zero-order valence-corrected chi connectivity index (χ0v) is 29.6. The summed E-state index contributed by atoms with van der Waals surface area (Å²) in [5.41, 5.74) is 6.04. The van der Waals surface area contributed by atoms with Crippen molar-refractivity contribution in [3.63, 3.8) is 0 Å². The molecule has 0 bridgehead atoms. The lowest BCUT2D eigenvalue weighted by Gasteiger charge is -2.58. The van der Waals surface area contributed by atoms with Gasteiger partial charge in [-0.05, 0) is 82.2 Å². The number of anilines is 1. The average Bonchev–Trinajstić information content (AvgIpc) is 3.62. The fraction of sp³-hybridized carbons (Fsp3) is 0.541. The van der Waals surface area contributed by atoms with Gasteiger partial charge in [-0.2, -0.15) is 10.2 Å². The molecule has 1 amide bonds. The van der Waals surface area contributed by atoms with Crippen LogP contribution >= 0.6 is 11.6 Å². The van der Waals surface area contributed by atoms with Gasteiger partial charge in [0.05, 0.1) is 36.0 Å². The Balaban J connectivity index is 1.26. The van der Waals surface area contributed by atoms with Crippen LogP contribution in [0, 0.1) is 25.1 Å². The zero-order chi connectivity index (χ0) is 34.3. The van der Waals surface area contributed by atoms with Crippen molar-refractivity contribution in [2.24, 2.45) is 5.41 Å². The number of nitrogens with one attached hydrogen (secondary N) is 1. The van der Waals surface area contributed by atoms with Gasteiger partial charge in [-0.3, -0.25) is 4.68 Å². The average molecular weight is 693 g/mol. The second kappa shape index (κ2) is 13.9. The summed E-state index contributed by atoms with van der Waals surface area (Å²) in [4.78, 5) is 14.3. The van der Waals surface area contributed by atoms with Crippen LogP contribution < -0.4 is 5.32 Å². The summed E-state index contributed by atoms with van der Waals surface area (Å²) >= 11 is 7.20. The number of halogens is 2. The molecule has 4 aromatic rings. The molecule has 12 heteroatoms. The van der Waals surface area contributed by atoms with Crippen LogP contribution in [-0.4, -0.2) is 77.1 Å². The Morgan fingerprint density at radius 2 is 1.96 bits per heavy atom. The number of hydrogen-bond donors (Lipinski definition) is 1. The van der Waals surface area contributed by atoms with E-state index in [1.165, 1.54) is 6.07 Å². The molecule has 4 heterocycles. The van der Waals surface area contributed by atoms with Gasteiger partial charge in [-0.1, -0.05) is 24.9 Å². The number of rotatable bonds is 11. The summed E-state index contributed by atoms with van der Waals surface area (Å²) in [7, 11) is 1.64. The lowest BCUT2D eigenvalue weighted by molar-refractivity contribution is -0.0825. The minimum Gasteiger partial charge on any atom is -0.449 e. The third-order valence-corrected chi connectivity index (χ3v) is 10.9. The van der Waals surface area contributed by atoms with Crippen LogP contribution in [0.25, 0.3) is 33.3 Å². The van der Waals surface area contributed by atoms with Gasteiger partial charge in [-0.25, -0.2) is 13.9 Å². The van der Waals surface area contributed by atoms with E-state index in [1.807, 2.05) is 30.8 Å². The van der Waals surface area contributed by atoms with Crippen molar-refractivity contribution in [2.75, 3.05) is 51.9 Å². The normalized spacial score (nSPS) is 18.9. The number of aromatic nitrogens is 4. The number of amides is 1. The van der Waals surface area contributed by atoms with Gasteiger partial charge in [0, 0.05) is 72.2 Å². The van der Waals surface area contributed by atoms with E-state index in [4.69, 9.17) is 36.0 Å². The molecular weight excluding hydrogens is 647 g/mol. The monoisotopic (exact) mass is 692 g/mol. The first-order valence-corrected chi connectivity index (χ1v) is 17.9. The second-order valence-corrected chi connectivity index (χ2v) is 14.4. The van der Waals surface area contributed by atoms with Crippen molar-refractivity contribution in [3.05, 3.63) is 52.6 Å². The molecule has 2 aromatic heterocycles. The quantitative estimate of drug-likeness (QED) is 0.158. The highest BCUT2D eigenvalue weighted by atomic mass is 35.5. The Bertz CT molecular complexity index is 1840. The maximum Gasteiger partial charge on any atom is 0.409 e. The number of methoxy groups -OCH3 is 1. The van der Waals surface area contributed by atoms with Gasteiger partial charge >= 0.3 is 6.09 Å². The first kappa shape index (κ1) is 33.8. The lowest BCUT2D eigenvalue weighted by atomic mass is 9.61. The van der Waals surface area contributed by atoms with Crippen molar-refractivity contribution in [3.8, 4) is 22.4 Å². The minimum absolute atomic E-state index is 0.0588. The Morgan fingerprint density at radius 3 is 2.67 bits per heavy atom. The molecular formula is C37H46ClFN6O4. The highest BCUT2D eigenvalue weighted by molar-refractivity contribution is 6.36. The van der Waals surface area contributed by atoms with E-state index in [0.29, 0.717) is 61.4 Å². The van der Waals surface area contributed by atoms with Crippen molar-refractivity contribution in [2.45, 2.75) is 78.0 Å². The summed E-state index contributed by atoms with van der Waals surface area (Å²) in [6, 6.07) is 7.35. The molecule has 49 heavy (non-hydrogen) atoms. The highest BCUT2D eigenvalue weighted by Crippen LogP contribution is 2.55. The minimum atomic E-state index is -0.374. The Kier molecular flexibility index (Phi) is 9.60.